The number of hydrogen-bond donors (Lipinski definition) is 1. The summed E-state index contributed by atoms with van der Waals surface area (Å²) in [5.74, 6) is -0.168. The lowest BCUT2D eigenvalue weighted by atomic mass is 10.1. The molecule has 0 radical (unpaired) electrons. The quantitative estimate of drug-likeness (QED) is 0.793. The van der Waals surface area contributed by atoms with Crippen LogP contribution in [-0.4, -0.2) is 5.91 Å². The Labute approximate surface area is 95.0 Å². The Bertz CT molecular complexity index is 380. The molecule has 4 heteroatoms. The topological polar surface area (TPSA) is 29.1 Å². The Morgan fingerprint density at radius 1 is 1.50 bits per heavy atom. The van der Waals surface area contributed by atoms with Gasteiger partial charge >= 0.3 is 0 Å². The van der Waals surface area contributed by atoms with Crippen molar-refractivity contribution in [1.82, 2.24) is 5.32 Å². The van der Waals surface area contributed by atoms with E-state index in [-0.39, 0.29) is 17.8 Å². The zero-order valence-electron chi connectivity index (χ0n) is 7.39. The molecule has 2 nitrogen and oxygen atoms in total. The molecule has 14 heavy (non-hydrogen) atoms. The molecule has 74 valence electrons. The van der Waals surface area contributed by atoms with Crippen LogP contribution in [0.5, 0.6) is 0 Å². The van der Waals surface area contributed by atoms with Gasteiger partial charge in [-0.05, 0) is 46.7 Å². The maximum Gasteiger partial charge on any atom is 0.220 e. The third-order valence-electron chi connectivity index (χ3n) is 2.34. The summed E-state index contributed by atoms with van der Waals surface area (Å²) in [6.45, 7) is 0. The summed E-state index contributed by atoms with van der Waals surface area (Å²) < 4.78 is 13.8. The molecule has 1 amide bonds. The van der Waals surface area contributed by atoms with Crippen molar-refractivity contribution >= 4 is 28.5 Å². The SMILES string of the molecule is O=C1CC[C@@H](c2ccc(I)c(F)c2)N1. The van der Waals surface area contributed by atoms with Gasteiger partial charge in [-0.3, -0.25) is 4.79 Å². The maximum absolute atomic E-state index is 13.2. The van der Waals surface area contributed by atoms with E-state index in [0.717, 1.165) is 12.0 Å². The lowest BCUT2D eigenvalue weighted by Gasteiger charge is -2.10. The number of hydrogen-bond acceptors (Lipinski definition) is 1. The molecule has 1 heterocycles. The van der Waals surface area contributed by atoms with Gasteiger partial charge in [0.15, 0.2) is 0 Å². The Balaban J connectivity index is 2.24. The van der Waals surface area contributed by atoms with Gasteiger partial charge in [0.1, 0.15) is 5.82 Å². The van der Waals surface area contributed by atoms with E-state index in [1.165, 1.54) is 6.07 Å². The monoisotopic (exact) mass is 305 g/mol. The Kier molecular flexibility index (Phi) is 2.71. The highest BCUT2D eigenvalue weighted by Gasteiger charge is 2.22. The predicted octanol–water partition coefficient (Wildman–Crippen LogP) is 2.38. The fourth-order valence-corrected chi connectivity index (χ4v) is 1.93. The van der Waals surface area contributed by atoms with E-state index >= 15 is 0 Å². The van der Waals surface area contributed by atoms with Gasteiger partial charge in [-0.15, -0.1) is 0 Å². The molecule has 0 spiro atoms. The van der Waals surface area contributed by atoms with E-state index in [4.69, 9.17) is 0 Å². The van der Waals surface area contributed by atoms with Gasteiger partial charge in [-0.2, -0.15) is 0 Å². The standard InChI is InChI=1S/C10H9FINO/c11-7-5-6(1-2-8(7)12)9-3-4-10(14)13-9/h1-2,5,9H,3-4H2,(H,13,14)/t9-/m0/s1. The zero-order chi connectivity index (χ0) is 10.1. The summed E-state index contributed by atoms with van der Waals surface area (Å²) in [6.07, 6.45) is 1.30. The van der Waals surface area contributed by atoms with Gasteiger partial charge in [0.05, 0.1) is 6.04 Å². The smallest absolute Gasteiger partial charge is 0.220 e. The van der Waals surface area contributed by atoms with Gasteiger partial charge < -0.3 is 5.32 Å². The van der Waals surface area contributed by atoms with Gasteiger partial charge in [0.25, 0.3) is 0 Å². The second-order valence-corrected chi connectivity index (χ2v) is 4.49. The summed E-state index contributed by atoms with van der Waals surface area (Å²) in [5, 5.41) is 2.81. The summed E-state index contributed by atoms with van der Waals surface area (Å²) in [7, 11) is 0. The minimum absolute atomic E-state index is 0.00556. The minimum atomic E-state index is -0.218. The number of nitrogens with one attached hydrogen (secondary N) is 1. The fourth-order valence-electron chi connectivity index (χ4n) is 1.59. The maximum atomic E-state index is 13.2. The molecule has 1 aromatic rings. The third kappa shape index (κ3) is 1.89. The highest BCUT2D eigenvalue weighted by molar-refractivity contribution is 14.1. The van der Waals surface area contributed by atoms with Gasteiger partial charge in [-0.25, -0.2) is 4.39 Å². The molecule has 0 aliphatic carbocycles. The van der Waals surface area contributed by atoms with Crippen molar-refractivity contribution in [3.8, 4) is 0 Å². The first-order valence-corrected chi connectivity index (χ1v) is 5.49. The van der Waals surface area contributed by atoms with E-state index < -0.39 is 0 Å². The fraction of sp³-hybridized carbons (Fsp3) is 0.300. The van der Waals surface area contributed by atoms with Crippen LogP contribution in [0.25, 0.3) is 0 Å². The molecule has 0 unspecified atom stereocenters. The number of amides is 1. The van der Waals surface area contributed by atoms with E-state index in [1.54, 1.807) is 6.07 Å². The Morgan fingerprint density at radius 2 is 2.29 bits per heavy atom. The van der Waals surface area contributed by atoms with Crippen LogP contribution in [0.3, 0.4) is 0 Å². The molecule has 1 aliphatic heterocycles. The number of carbonyl (C=O) groups is 1. The summed E-state index contributed by atoms with van der Waals surface area (Å²) >= 11 is 1.95. The average Bonchev–Trinajstić information content (AvgIpc) is 2.57. The van der Waals surface area contributed by atoms with Gasteiger partial charge in [-0.1, -0.05) is 6.07 Å². The first kappa shape index (κ1) is 9.89. The second-order valence-electron chi connectivity index (χ2n) is 3.33. The normalized spacial score (nSPS) is 21.0. The molecule has 2 rings (SSSR count). The van der Waals surface area contributed by atoms with Crippen molar-refractivity contribution in [3.05, 3.63) is 33.1 Å². The van der Waals surface area contributed by atoms with Crippen molar-refractivity contribution in [2.24, 2.45) is 0 Å². The number of halogens is 2. The molecule has 0 bridgehead atoms. The summed E-state index contributed by atoms with van der Waals surface area (Å²) in [4.78, 5) is 11.0. The van der Waals surface area contributed by atoms with Crippen LogP contribution >= 0.6 is 22.6 Å². The second kappa shape index (κ2) is 3.84. The molecule has 0 saturated carbocycles. The molecule has 1 aliphatic rings. The average molecular weight is 305 g/mol. The highest BCUT2D eigenvalue weighted by atomic mass is 127. The van der Waals surface area contributed by atoms with Crippen LogP contribution in [0.1, 0.15) is 24.4 Å². The van der Waals surface area contributed by atoms with E-state index in [9.17, 15) is 9.18 Å². The van der Waals surface area contributed by atoms with Crippen molar-refractivity contribution in [1.29, 1.82) is 0 Å². The van der Waals surface area contributed by atoms with Crippen LogP contribution in [0.4, 0.5) is 4.39 Å². The van der Waals surface area contributed by atoms with Crippen molar-refractivity contribution in [3.63, 3.8) is 0 Å². The third-order valence-corrected chi connectivity index (χ3v) is 3.22. The zero-order valence-corrected chi connectivity index (χ0v) is 9.55. The van der Waals surface area contributed by atoms with E-state index in [0.29, 0.717) is 9.99 Å². The predicted molar refractivity (Wildman–Crippen MR) is 59.2 cm³/mol. The van der Waals surface area contributed by atoms with Crippen LogP contribution in [0.15, 0.2) is 18.2 Å². The molecule has 0 aromatic heterocycles. The first-order valence-electron chi connectivity index (χ1n) is 4.41. The summed E-state index contributed by atoms with van der Waals surface area (Å²) in [5.41, 5.74) is 0.855. The summed E-state index contributed by atoms with van der Waals surface area (Å²) in [6, 6.07) is 5.09. The van der Waals surface area contributed by atoms with Crippen LogP contribution < -0.4 is 5.32 Å². The van der Waals surface area contributed by atoms with Crippen molar-refractivity contribution in [2.75, 3.05) is 0 Å². The molecule has 1 saturated heterocycles. The molecule has 1 fully saturated rings. The van der Waals surface area contributed by atoms with E-state index in [1.807, 2.05) is 28.7 Å². The van der Waals surface area contributed by atoms with Crippen LogP contribution in [0.2, 0.25) is 0 Å². The minimum Gasteiger partial charge on any atom is -0.349 e. The Morgan fingerprint density at radius 3 is 2.86 bits per heavy atom. The molecular formula is C10H9FINO. The van der Waals surface area contributed by atoms with E-state index in [2.05, 4.69) is 5.32 Å². The van der Waals surface area contributed by atoms with Gasteiger partial charge in [0.2, 0.25) is 5.91 Å². The number of rotatable bonds is 1. The first-order chi connectivity index (χ1) is 6.66. The highest BCUT2D eigenvalue weighted by Crippen LogP contribution is 2.25. The molecule has 1 aromatic carbocycles. The van der Waals surface area contributed by atoms with Crippen molar-refractivity contribution in [2.45, 2.75) is 18.9 Å². The van der Waals surface area contributed by atoms with Gasteiger partial charge in [0, 0.05) is 9.99 Å². The van der Waals surface area contributed by atoms with Crippen LogP contribution in [-0.2, 0) is 4.79 Å². The largest absolute Gasteiger partial charge is 0.349 e. The lowest BCUT2D eigenvalue weighted by molar-refractivity contribution is -0.119. The number of carbonyl (C=O) groups excluding carboxylic acids is 1. The molecular weight excluding hydrogens is 296 g/mol. The van der Waals surface area contributed by atoms with Crippen LogP contribution in [0, 0.1) is 9.39 Å². The molecule has 1 atom stereocenters. The molecule has 1 N–H and O–H groups in total. The number of benzene rings is 1. The Hall–Kier alpha value is -0.650. The van der Waals surface area contributed by atoms with Crippen molar-refractivity contribution < 1.29 is 9.18 Å². The lowest BCUT2D eigenvalue weighted by Crippen LogP contribution is -2.18.